The third-order valence-corrected chi connectivity index (χ3v) is 3.79. The Bertz CT molecular complexity index is 1120. The van der Waals surface area contributed by atoms with E-state index in [1.165, 1.54) is 24.3 Å². The molecule has 0 spiro atoms. The molecule has 0 amide bonds. The SMILES string of the molecule is O=c1ccc2ccc(O)c(-c3c(O)ccc4ccc(=O)oc34)c2o1. The minimum Gasteiger partial charge on any atom is -0.507 e. The highest BCUT2D eigenvalue weighted by Gasteiger charge is 2.20. The van der Waals surface area contributed by atoms with Crippen molar-refractivity contribution in [2.45, 2.75) is 0 Å². The molecule has 2 heterocycles. The van der Waals surface area contributed by atoms with Gasteiger partial charge in [-0.15, -0.1) is 0 Å². The number of hydrogen-bond donors (Lipinski definition) is 2. The fourth-order valence-corrected chi connectivity index (χ4v) is 2.73. The number of rotatable bonds is 1. The molecule has 0 fully saturated rings. The molecule has 0 bridgehead atoms. The van der Waals surface area contributed by atoms with Crippen LogP contribution in [0.4, 0.5) is 0 Å². The Kier molecular flexibility index (Phi) is 2.93. The maximum Gasteiger partial charge on any atom is 0.336 e. The topological polar surface area (TPSA) is 101 Å². The molecule has 0 unspecified atom stereocenters. The van der Waals surface area contributed by atoms with Gasteiger partial charge in [-0.05, 0) is 36.4 Å². The standard InChI is InChI=1S/C18H10O6/c19-11-5-1-9-3-7-13(21)23-17(9)15(11)16-12(20)6-2-10-4-8-14(22)24-18(10)16/h1-8,19-20H. The first-order chi connectivity index (χ1) is 11.5. The molecule has 6 nitrogen and oxygen atoms in total. The van der Waals surface area contributed by atoms with Gasteiger partial charge >= 0.3 is 11.3 Å². The first-order valence-corrected chi connectivity index (χ1v) is 7.06. The molecule has 0 aliphatic carbocycles. The number of fused-ring (bicyclic) bond motifs is 2. The lowest BCUT2D eigenvalue weighted by atomic mass is 9.98. The summed E-state index contributed by atoms with van der Waals surface area (Å²) in [7, 11) is 0. The number of phenols is 2. The summed E-state index contributed by atoms with van der Waals surface area (Å²) >= 11 is 0. The number of hydrogen-bond acceptors (Lipinski definition) is 6. The van der Waals surface area contributed by atoms with Gasteiger partial charge in [0.15, 0.2) is 0 Å². The maximum absolute atomic E-state index is 11.6. The second-order valence-electron chi connectivity index (χ2n) is 5.26. The summed E-state index contributed by atoms with van der Waals surface area (Å²) in [5, 5.41) is 21.7. The quantitative estimate of drug-likeness (QED) is 0.522. The molecule has 0 radical (unpaired) electrons. The van der Waals surface area contributed by atoms with E-state index in [0.29, 0.717) is 10.8 Å². The summed E-state index contributed by atoms with van der Waals surface area (Å²) in [5.74, 6) is -0.433. The molecular weight excluding hydrogens is 312 g/mol. The molecular formula is C18H10O6. The van der Waals surface area contributed by atoms with Crippen LogP contribution in [0.2, 0.25) is 0 Å². The maximum atomic E-state index is 11.6. The van der Waals surface area contributed by atoms with Gasteiger partial charge in [0.05, 0.1) is 11.1 Å². The van der Waals surface area contributed by atoms with E-state index in [0.717, 1.165) is 0 Å². The molecule has 2 aromatic heterocycles. The molecule has 118 valence electrons. The molecule has 6 heteroatoms. The second-order valence-corrected chi connectivity index (χ2v) is 5.26. The van der Waals surface area contributed by atoms with E-state index < -0.39 is 11.3 Å². The van der Waals surface area contributed by atoms with E-state index in [1.807, 2.05) is 0 Å². The largest absolute Gasteiger partial charge is 0.507 e. The fraction of sp³-hybridized carbons (Fsp3) is 0. The van der Waals surface area contributed by atoms with Crippen molar-refractivity contribution in [3.8, 4) is 22.6 Å². The third kappa shape index (κ3) is 2.04. The molecule has 0 saturated carbocycles. The zero-order chi connectivity index (χ0) is 16.8. The van der Waals surface area contributed by atoms with Gasteiger partial charge < -0.3 is 19.0 Å². The van der Waals surface area contributed by atoms with E-state index in [-0.39, 0.29) is 33.8 Å². The van der Waals surface area contributed by atoms with Gasteiger partial charge in [0.25, 0.3) is 0 Å². The third-order valence-electron chi connectivity index (χ3n) is 3.79. The lowest BCUT2D eigenvalue weighted by Gasteiger charge is -2.11. The number of aromatic hydroxyl groups is 2. The van der Waals surface area contributed by atoms with Crippen LogP contribution in [-0.4, -0.2) is 10.2 Å². The molecule has 24 heavy (non-hydrogen) atoms. The normalized spacial score (nSPS) is 11.2. The van der Waals surface area contributed by atoms with Crippen molar-refractivity contribution in [1.29, 1.82) is 0 Å². The number of phenolic OH excluding ortho intramolecular Hbond substituents is 2. The van der Waals surface area contributed by atoms with Gasteiger partial charge in [-0.2, -0.15) is 0 Å². The van der Waals surface area contributed by atoms with Gasteiger partial charge in [0, 0.05) is 22.9 Å². The average Bonchev–Trinajstić information content (AvgIpc) is 2.56. The van der Waals surface area contributed by atoms with Crippen molar-refractivity contribution in [2.75, 3.05) is 0 Å². The lowest BCUT2D eigenvalue weighted by molar-refractivity contribution is 0.466. The Labute approximate surface area is 133 Å². The fourth-order valence-electron chi connectivity index (χ4n) is 2.73. The van der Waals surface area contributed by atoms with Crippen LogP contribution in [0.15, 0.2) is 67.0 Å². The van der Waals surface area contributed by atoms with Gasteiger partial charge in [0.1, 0.15) is 22.7 Å². The smallest absolute Gasteiger partial charge is 0.336 e. The first kappa shape index (κ1) is 14.1. The predicted octanol–water partition coefficient (Wildman–Crippen LogP) is 2.98. The predicted molar refractivity (Wildman–Crippen MR) is 87.3 cm³/mol. The van der Waals surface area contributed by atoms with Crippen molar-refractivity contribution in [1.82, 2.24) is 0 Å². The van der Waals surface area contributed by atoms with Gasteiger partial charge in [-0.25, -0.2) is 9.59 Å². The molecule has 2 aromatic carbocycles. The summed E-state index contributed by atoms with van der Waals surface area (Å²) in [4.78, 5) is 23.2. The van der Waals surface area contributed by atoms with Crippen LogP contribution in [0, 0.1) is 0 Å². The van der Waals surface area contributed by atoms with Crippen LogP contribution in [0.25, 0.3) is 33.1 Å². The summed E-state index contributed by atoms with van der Waals surface area (Å²) < 4.78 is 10.4. The van der Waals surface area contributed by atoms with Gasteiger partial charge in [-0.3, -0.25) is 0 Å². The minimum atomic E-state index is -0.601. The van der Waals surface area contributed by atoms with E-state index in [4.69, 9.17) is 8.83 Å². The highest BCUT2D eigenvalue weighted by atomic mass is 16.4. The molecule has 2 N–H and O–H groups in total. The number of benzene rings is 2. The van der Waals surface area contributed by atoms with Crippen LogP contribution >= 0.6 is 0 Å². The molecule has 4 rings (SSSR count). The average molecular weight is 322 g/mol. The zero-order valence-corrected chi connectivity index (χ0v) is 12.1. The Morgan fingerprint density at radius 3 is 1.38 bits per heavy atom. The Morgan fingerprint density at radius 1 is 0.583 bits per heavy atom. The first-order valence-electron chi connectivity index (χ1n) is 7.06. The van der Waals surface area contributed by atoms with Crippen LogP contribution in [0.1, 0.15) is 0 Å². The Balaban J connectivity index is 2.25. The van der Waals surface area contributed by atoms with Crippen molar-refractivity contribution < 1.29 is 19.0 Å². The highest BCUT2D eigenvalue weighted by molar-refractivity contribution is 6.05. The highest BCUT2D eigenvalue weighted by Crippen LogP contribution is 2.43. The van der Waals surface area contributed by atoms with E-state index >= 15 is 0 Å². The van der Waals surface area contributed by atoms with Gasteiger partial charge in [-0.1, -0.05) is 0 Å². The lowest BCUT2D eigenvalue weighted by Crippen LogP contribution is -1.98. The van der Waals surface area contributed by atoms with Crippen molar-refractivity contribution >= 4 is 21.9 Å². The summed E-state index contributed by atoms with van der Waals surface area (Å²) in [5.41, 5.74) is -0.843. The van der Waals surface area contributed by atoms with Crippen molar-refractivity contribution in [3.63, 3.8) is 0 Å². The molecule has 0 aliphatic heterocycles. The molecule has 0 atom stereocenters. The van der Waals surface area contributed by atoms with Crippen molar-refractivity contribution in [2.24, 2.45) is 0 Å². The van der Waals surface area contributed by atoms with Crippen LogP contribution in [0.5, 0.6) is 11.5 Å². The van der Waals surface area contributed by atoms with Crippen molar-refractivity contribution in [3.05, 3.63) is 69.4 Å². The van der Waals surface area contributed by atoms with Crippen LogP contribution in [-0.2, 0) is 0 Å². The summed E-state index contributed by atoms with van der Waals surface area (Å²) in [6.07, 6.45) is 0. The van der Waals surface area contributed by atoms with Gasteiger partial charge in [0.2, 0.25) is 0 Å². The van der Waals surface area contributed by atoms with E-state index in [9.17, 15) is 19.8 Å². The van der Waals surface area contributed by atoms with E-state index in [2.05, 4.69) is 0 Å². The zero-order valence-electron chi connectivity index (χ0n) is 12.1. The monoisotopic (exact) mass is 322 g/mol. The molecule has 0 saturated heterocycles. The Hall–Kier alpha value is -3.54. The van der Waals surface area contributed by atoms with E-state index in [1.54, 1.807) is 24.3 Å². The minimum absolute atomic E-state index is 0.0858. The van der Waals surface area contributed by atoms with Crippen LogP contribution in [0.3, 0.4) is 0 Å². The Morgan fingerprint density at radius 2 is 0.958 bits per heavy atom. The summed E-state index contributed by atoms with van der Waals surface area (Å²) in [6, 6.07) is 11.6. The molecule has 4 aromatic rings. The second kappa shape index (κ2) is 4.99. The van der Waals surface area contributed by atoms with Crippen LogP contribution < -0.4 is 11.3 Å². The molecule has 0 aliphatic rings. The summed E-state index contributed by atoms with van der Waals surface area (Å²) in [6.45, 7) is 0.